The zero-order valence-electron chi connectivity index (χ0n) is 19.4. The quantitative estimate of drug-likeness (QED) is 0.435. The number of aromatic nitrogens is 2. The van der Waals surface area contributed by atoms with Gasteiger partial charge in [-0.05, 0) is 62.8 Å². The Bertz CT molecular complexity index is 1310. The van der Waals surface area contributed by atoms with Gasteiger partial charge >= 0.3 is 5.97 Å². The summed E-state index contributed by atoms with van der Waals surface area (Å²) in [4.78, 5) is 31.9. The average molecular weight is 498 g/mol. The highest BCUT2D eigenvalue weighted by atomic mass is 32.2. The minimum Gasteiger partial charge on any atom is -0.477 e. The van der Waals surface area contributed by atoms with E-state index in [2.05, 4.69) is 9.97 Å². The van der Waals surface area contributed by atoms with Crippen molar-refractivity contribution in [2.45, 2.75) is 43.9 Å². The molecule has 0 radical (unpaired) electrons. The number of nitrogens with zero attached hydrogens (tertiary/aromatic N) is 3. The van der Waals surface area contributed by atoms with E-state index < -0.39 is 16.0 Å². The highest BCUT2D eigenvalue weighted by Crippen LogP contribution is 2.27. The first kappa shape index (κ1) is 24.7. The average Bonchev–Trinajstić information content (AvgIpc) is 3.35. The standard InChI is InChI=1S/C25H27N3O6S/c1-17-8-10-19(11-9-17)35(32,33)28-14-12-18(13-15-28)4-2-7-22(29)24-26-16-23(34-24)20-5-3-6-21(27-20)25(30)31/h3,5-6,8-11,16,18H,2,4,7,12-15H2,1H3,(H,30,31). The van der Waals surface area contributed by atoms with Crippen molar-refractivity contribution in [2.24, 2.45) is 5.92 Å². The third-order valence-electron chi connectivity index (χ3n) is 6.21. The summed E-state index contributed by atoms with van der Waals surface area (Å²) < 4.78 is 32.8. The summed E-state index contributed by atoms with van der Waals surface area (Å²) in [6, 6.07) is 11.4. The van der Waals surface area contributed by atoms with Gasteiger partial charge in [0.15, 0.2) is 5.76 Å². The van der Waals surface area contributed by atoms with Gasteiger partial charge in [0, 0.05) is 19.5 Å². The lowest BCUT2D eigenvalue weighted by molar-refractivity contribution is 0.0690. The van der Waals surface area contributed by atoms with Crippen LogP contribution in [0, 0.1) is 12.8 Å². The molecule has 4 rings (SSSR count). The van der Waals surface area contributed by atoms with Crippen LogP contribution < -0.4 is 0 Å². The van der Waals surface area contributed by atoms with Crippen LogP contribution in [0.2, 0.25) is 0 Å². The Morgan fingerprint density at radius 2 is 1.83 bits per heavy atom. The normalized spacial score (nSPS) is 15.2. The van der Waals surface area contributed by atoms with Crippen molar-refractivity contribution in [1.29, 1.82) is 0 Å². The molecule has 0 saturated carbocycles. The summed E-state index contributed by atoms with van der Waals surface area (Å²) in [7, 11) is -3.48. The molecule has 1 aromatic carbocycles. The molecule has 0 aliphatic carbocycles. The van der Waals surface area contributed by atoms with E-state index in [-0.39, 0.29) is 29.5 Å². The van der Waals surface area contributed by atoms with Gasteiger partial charge in [-0.15, -0.1) is 0 Å². The molecule has 0 amide bonds. The second-order valence-electron chi connectivity index (χ2n) is 8.72. The summed E-state index contributed by atoms with van der Waals surface area (Å²) in [5.74, 6) is -0.818. The van der Waals surface area contributed by atoms with Crippen molar-refractivity contribution in [3.05, 3.63) is 65.8 Å². The van der Waals surface area contributed by atoms with Gasteiger partial charge in [0.1, 0.15) is 11.4 Å². The number of aromatic carboxylic acids is 1. The Morgan fingerprint density at radius 1 is 1.11 bits per heavy atom. The van der Waals surface area contributed by atoms with Gasteiger partial charge in [-0.3, -0.25) is 4.79 Å². The van der Waals surface area contributed by atoms with Gasteiger partial charge in [0.25, 0.3) is 5.89 Å². The molecule has 10 heteroatoms. The van der Waals surface area contributed by atoms with Crippen LogP contribution in [-0.4, -0.2) is 52.6 Å². The highest BCUT2D eigenvalue weighted by molar-refractivity contribution is 7.89. The molecule has 2 aromatic heterocycles. The Hall–Kier alpha value is -3.37. The van der Waals surface area contributed by atoms with Crippen LogP contribution in [0.25, 0.3) is 11.5 Å². The Morgan fingerprint density at radius 3 is 2.51 bits per heavy atom. The summed E-state index contributed by atoms with van der Waals surface area (Å²) in [5.41, 5.74) is 1.19. The lowest BCUT2D eigenvalue weighted by Crippen LogP contribution is -2.38. The molecule has 0 bridgehead atoms. The van der Waals surface area contributed by atoms with Crippen LogP contribution in [0.1, 0.15) is 58.8 Å². The van der Waals surface area contributed by atoms with Crippen molar-refractivity contribution >= 4 is 21.8 Å². The molecule has 1 aliphatic rings. The molecular weight excluding hydrogens is 470 g/mol. The Kier molecular flexibility index (Phi) is 7.42. The van der Waals surface area contributed by atoms with Gasteiger partial charge in [-0.1, -0.05) is 23.8 Å². The SMILES string of the molecule is Cc1ccc(S(=O)(=O)N2CCC(CCCC(=O)c3ncc(-c4cccc(C(=O)O)n4)o3)CC2)cc1. The molecule has 184 valence electrons. The minimum atomic E-state index is -3.48. The first-order valence-corrected chi connectivity index (χ1v) is 12.9. The van der Waals surface area contributed by atoms with E-state index in [9.17, 15) is 18.0 Å². The second-order valence-corrected chi connectivity index (χ2v) is 10.7. The van der Waals surface area contributed by atoms with Gasteiger partial charge in [-0.2, -0.15) is 4.31 Å². The topological polar surface area (TPSA) is 131 Å². The number of carbonyl (C=O) groups is 2. The van der Waals surface area contributed by atoms with E-state index in [1.54, 1.807) is 40.7 Å². The number of hydrogen-bond donors (Lipinski definition) is 1. The number of piperidine rings is 1. The maximum Gasteiger partial charge on any atom is 0.354 e. The largest absolute Gasteiger partial charge is 0.477 e. The summed E-state index contributed by atoms with van der Waals surface area (Å²) in [5, 5.41) is 9.07. The Labute approximate surface area is 203 Å². The molecule has 35 heavy (non-hydrogen) atoms. The third-order valence-corrected chi connectivity index (χ3v) is 8.13. The second kappa shape index (κ2) is 10.5. The van der Waals surface area contributed by atoms with Crippen molar-refractivity contribution in [1.82, 2.24) is 14.3 Å². The molecule has 0 unspecified atom stereocenters. The fraction of sp³-hybridized carbons (Fsp3) is 0.360. The predicted molar refractivity (Wildman–Crippen MR) is 128 cm³/mol. The first-order valence-electron chi connectivity index (χ1n) is 11.5. The van der Waals surface area contributed by atoms with Crippen molar-refractivity contribution in [2.75, 3.05) is 13.1 Å². The van der Waals surface area contributed by atoms with E-state index >= 15 is 0 Å². The summed E-state index contributed by atoms with van der Waals surface area (Å²) >= 11 is 0. The third kappa shape index (κ3) is 5.83. The van der Waals surface area contributed by atoms with Crippen LogP contribution in [0.3, 0.4) is 0 Å². The van der Waals surface area contributed by atoms with E-state index in [0.717, 1.165) is 24.8 Å². The molecular formula is C25H27N3O6S. The molecule has 3 heterocycles. The fourth-order valence-corrected chi connectivity index (χ4v) is 5.64. The van der Waals surface area contributed by atoms with Crippen LogP contribution in [0.15, 0.2) is 58.0 Å². The number of Topliss-reactive ketones (excluding diaryl/α,β-unsaturated/α-hetero) is 1. The lowest BCUT2D eigenvalue weighted by Gasteiger charge is -2.31. The number of aryl methyl sites for hydroxylation is 1. The van der Waals surface area contributed by atoms with Crippen molar-refractivity contribution in [3.63, 3.8) is 0 Å². The lowest BCUT2D eigenvalue weighted by atomic mass is 9.92. The fourth-order valence-electron chi connectivity index (χ4n) is 4.17. The molecule has 1 fully saturated rings. The molecule has 1 aliphatic heterocycles. The number of hydrogen-bond acceptors (Lipinski definition) is 7. The number of carboxylic acid groups (broad SMARTS) is 1. The first-order chi connectivity index (χ1) is 16.7. The number of ketones is 1. The van der Waals surface area contributed by atoms with Crippen molar-refractivity contribution in [3.8, 4) is 11.5 Å². The number of sulfonamides is 1. The van der Waals surface area contributed by atoms with Gasteiger partial charge in [-0.25, -0.2) is 23.2 Å². The molecule has 0 atom stereocenters. The van der Waals surface area contributed by atoms with Gasteiger partial charge in [0.05, 0.1) is 11.1 Å². The number of oxazole rings is 1. The maximum atomic E-state index is 12.9. The van der Waals surface area contributed by atoms with E-state index in [1.807, 2.05) is 6.92 Å². The molecule has 1 saturated heterocycles. The zero-order valence-corrected chi connectivity index (χ0v) is 20.2. The monoisotopic (exact) mass is 497 g/mol. The number of carboxylic acids is 1. The number of rotatable bonds is 9. The maximum absolute atomic E-state index is 12.9. The number of carbonyl (C=O) groups excluding carboxylic acids is 1. The highest BCUT2D eigenvalue weighted by Gasteiger charge is 2.29. The Balaban J connectivity index is 1.25. The van der Waals surface area contributed by atoms with Crippen LogP contribution >= 0.6 is 0 Å². The minimum absolute atomic E-state index is 0.0264. The molecule has 1 N–H and O–H groups in total. The summed E-state index contributed by atoms with van der Waals surface area (Å²) in [6.07, 6.45) is 4.62. The predicted octanol–water partition coefficient (Wildman–Crippen LogP) is 4.20. The van der Waals surface area contributed by atoms with E-state index in [1.165, 1.54) is 12.3 Å². The smallest absolute Gasteiger partial charge is 0.354 e. The van der Waals surface area contributed by atoms with Gasteiger partial charge in [0.2, 0.25) is 15.8 Å². The zero-order chi connectivity index (χ0) is 25.0. The van der Waals surface area contributed by atoms with Crippen LogP contribution in [0.5, 0.6) is 0 Å². The van der Waals surface area contributed by atoms with Crippen LogP contribution in [-0.2, 0) is 10.0 Å². The van der Waals surface area contributed by atoms with E-state index in [0.29, 0.717) is 36.0 Å². The molecule has 9 nitrogen and oxygen atoms in total. The van der Waals surface area contributed by atoms with Crippen molar-refractivity contribution < 1.29 is 27.5 Å². The van der Waals surface area contributed by atoms with Crippen LogP contribution in [0.4, 0.5) is 0 Å². The summed E-state index contributed by atoms with van der Waals surface area (Å²) in [6.45, 7) is 2.87. The number of benzene rings is 1. The van der Waals surface area contributed by atoms with Gasteiger partial charge < -0.3 is 9.52 Å². The number of pyridine rings is 1. The van der Waals surface area contributed by atoms with E-state index in [4.69, 9.17) is 9.52 Å². The molecule has 0 spiro atoms. The molecule has 3 aromatic rings.